The maximum absolute atomic E-state index is 12.2. The molecule has 1 aromatic heterocycles. The van der Waals surface area contributed by atoms with Gasteiger partial charge in [-0.05, 0) is 61.9 Å². The highest BCUT2D eigenvalue weighted by atomic mass is 16.5. The number of rotatable bonds is 6. The Kier molecular flexibility index (Phi) is 5.57. The van der Waals surface area contributed by atoms with Crippen molar-refractivity contribution in [3.8, 4) is 28.7 Å². The first-order chi connectivity index (χ1) is 14.6. The Labute approximate surface area is 174 Å². The third kappa shape index (κ3) is 4.55. The summed E-state index contributed by atoms with van der Waals surface area (Å²) in [6.07, 6.45) is 0. The van der Waals surface area contributed by atoms with Crippen LogP contribution in [0.2, 0.25) is 0 Å². The van der Waals surface area contributed by atoms with Gasteiger partial charge in [0.1, 0.15) is 5.75 Å². The van der Waals surface area contributed by atoms with Gasteiger partial charge in [-0.1, -0.05) is 35.9 Å². The molecule has 150 valence electrons. The van der Waals surface area contributed by atoms with E-state index in [-0.39, 0.29) is 12.5 Å². The molecule has 4 aromatic rings. The quantitative estimate of drug-likeness (QED) is 0.492. The predicted molar refractivity (Wildman–Crippen MR) is 115 cm³/mol. The summed E-state index contributed by atoms with van der Waals surface area (Å²) in [5.74, 6) is 1.26. The second kappa shape index (κ2) is 8.61. The van der Waals surface area contributed by atoms with Crippen molar-refractivity contribution in [2.45, 2.75) is 13.8 Å². The summed E-state index contributed by atoms with van der Waals surface area (Å²) in [7, 11) is 0. The number of anilines is 1. The lowest BCUT2D eigenvalue weighted by Crippen LogP contribution is -2.20. The normalized spacial score (nSPS) is 10.6. The summed E-state index contributed by atoms with van der Waals surface area (Å²) in [5.41, 5.74) is 4.60. The molecule has 0 bridgehead atoms. The van der Waals surface area contributed by atoms with Crippen LogP contribution in [-0.4, -0.2) is 22.7 Å². The monoisotopic (exact) mass is 399 g/mol. The highest BCUT2D eigenvalue weighted by Gasteiger charge is 2.11. The lowest BCUT2D eigenvalue weighted by Gasteiger charge is -2.10. The molecule has 1 amide bonds. The van der Waals surface area contributed by atoms with Crippen molar-refractivity contribution < 1.29 is 13.9 Å². The van der Waals surface area contributed by atoms with Gasteiger partial charge < -0.3 is 14.5 Å². The standard InChI is InChI=1S/C24H21N3O3/c1-16-8-13-21(17(2)14-16)25-22(28)15-29-20-11-9-19(10-12-20)24-27-26-23(30-24)18-6-4-3-5-7-18/h3-14H,15H2,1-2H3,(H,25,28). The summed E-state index contributed by atoms with van der Waals surface area (Å²) in [6, 6.07) is 22.7. The van der Waals surface area contributed by atoms with E-state index in [0.717, 1.165) is 27.9 Å². The van der Waals surface area contributed by atoms with E-state index in [4.69, 9.17) is 9.15 Å². The molecule has 6 nitrogen and oxygen atoms in total. The first kappa shape index (κ1) is 19.4. The number of hydrogen-bond acceptors (Lipinski definition) is 5. The number of aromatic nitrogens is 2. The summed E-state index contributed by atoms with van der Waals surface area (Å²) < 4.78 is 11.3. The number of hydrogen-bond donors (Lipinski definition) is 1. The van der Waals surface area contributed by atoms with Crippen LogP contribution in [0.1, 0.15) is 11.1 Å². The fraction of sp³-hybridized carbons (Fsp3) is 0.125. The van der Waals surface area contributed by atoms with Gasteiger partial charge in [0.05, 0.1) is 0 Å². The van der Waals surface area contributed by atoms with E-state index in [2.05, 4.69) is 15.5 Å². The number of nitrogens with zero attached hydrogens (tertiary/aromatic N) is 2. The van der Waals surface area contributed by atoms with Crippen LogP contribution in [0, 0.1) is 13.8 Å². The highest BCUT2D eigenvalue weighted by molar-refractivity contribution is 5.92. The van der Waals surface area contributed by atoms with Gasteiger partial charge in [-0.3, -0.25) is 4.79 Å². The molecule has 0 aliphatic carbocycles. The van der Waals surface area contributed by atoms with Crippen LogP contribution in [0.4, 0.5) is 5.69 Å². The molecular weight excluding hydrogens is 378 g/mol. The number of benzene rings is 3. The van der Waals surface area contributed by atoms with Crippen molar-refractivity contribution >= 4 is 11.6 Å². The molecule has 1 N–H and O–H groups in total. The van der Waals surface area contributed by atoms with Crippen LogP contribution >= 0.6 is 0 Å². The molecular formula is C24H21N3O3. The minimum absolute atomic E-state index is 0.0780. The second-order valence-electron chi connectivity index (χ2n) is 6.96. The minimum Gasteiger partial charge on any atom is -0.484 e. The molecule has 0 atom stereocenters. The Morgan fingerprint density at radius 2 is 1.57 bits per heavy atom. The summed E-state index contributed by atoms with van der Waals surface area (Å²) in [5, 5.41) is 11.1. The van der Waals surface area contributed by atoms with Gasteiger partial charge in [0.25, 0.3) is 5.91 Å². The number of ether oxygens (including phenoxy) is 1. The topological polar surface area (TPSA) is 77.2 Å². The molecule has 0 unspecified atom stereocenters. The van der Waals surface area contributed by atoms with E-state index in [1.165, 1.54) is 0 Å². The molecule has 6 heteroatoms. The second-order valence-corrected chi connectivity index (χ2v) is 6.96. The lowest BCUT2D eigenvalue weighted by atomic mass is 10.1. The van der Waals surface area contributed by atoms with Crippen molar-refractivity contribution in [2.75, 3.05) is 11.9 Å². The Balaban J connectivity index is 1.36. The predicted octanol–water partition coefficient (Wildman–Crippen LogP) is 5.04. The zero-order chi connectivity index (χ0) is 20.9. The summed E-state index contributed by atoms with van der Waals surface area (Å²) in [4.78, 5) is 12.2. The van der Waals surface area contributed by atoms with Crippen LogP contribution < -0.4 is 10.1 Å². The number of carbonyl (C=O) groups is 1. The Morgan fingerprint density at radius 3 is 2.23 bits per heavy atom. The first-order valence-corrected chi connectivity index (χ1v) is 9.58. The van der Waals surface area contributed by atoms with E-state index in [9.17, 15) is 4.79 Å². The largest absolute Gasteiger partial charge is 0.484 e. The van der Waals surface area contributed by atoms with Gasteiger partial charge in [0.2, 0.25) is 11.8 Å². The van der Waals surface area contributed by atoms with Crippen LogP contribution in [0.25, 0.3) is 22.9 Å². The van der Waals surface area contributed by atoms with Gasteiger partial charge in [-0.2, -0.15) is 0 Å². The summed E-state index contributed by atoms with van der Waals surface area (Å²) in [6.45, 7) is 3.90. The maximum atomic E-state index is 12.2. The number of amides is 1. The molecule has 0 aliphatic heterocycles. The third-order valence-corrected chi connectivity index (χ3v) is 4.57. The van der Waals surface area contributed by atoms with Crippen molar-refractivity contribution in [2.24, 2.45) is 0 Å². The Bertz CT molecular complexity index is 1150. The zero-order valence-corrected chi connectivity index (χ0v) is 16.8. The first-order valence-electron chi connectivity index (χ1n) is 9.58. The van der Waals surface area contributed by atoms with Gasteiger partial charge in [0, 0.05) is 16.8 Å². The van der Waals surface area contributed by atoms with Crippen LogP contribution in [0.15, 0.2) is 77.2 Å². The minimum atomic E-state index is -0.213. The van der Waals surface area contributed by atoms with Gasteiger partial charge in [-0.15, -0.1) is 10.2 Å². The van der Waals surface area contributed by atoms with Gasteiger partial charge in [-0.25, -0.2) is 0 Å². The van der Waals surface area contributed by atoms with E-state index in [1.54, 1.807) is 12.1 Å². The van der Waals surface area contributed by atoms with E-state index >= 15 is 0 Å². The van der Waals surface area contributed by atoms with Crippen molar-refractivity contribution in [1.82, 2.24) is 10.2 Å². The molecule has 0 radical (unpaired) electrons. The SMILES string of the molecule is Cc1ccc(NC(=O)COc2ccc(-c3nnc(-c4ccccc4)o3)cc2)c(C)c1. The van der Waals surface area contributed by atoms with Gasteiger partial charge in [0.15, 0.2) is 6.61 Å². The maximum Gasteiger partial charge on any atom is 0.262 e. The fourth-order valence-corrected chi connectivity index (χ4v) is 3.02. The van der Waals surface area contributed by atoms with Gasteiger partial charge >= 0.3 is 0 Å². The average molecular weight is 399 g/mol. The number of carbonyl (C=O) groups excluding carboxylic acids is 1. The summed E-state index contributed by atoms with van der Waals surface area (Å²) >= 11 is 0. The van der Waals surface area contributed by atoms with Crippen LogP contribution in [0.5, 0.6) is 5.75 Å². The molecule has 1 heterocycles. The van der Waals surface area contributed by atoms with Crippen molar-refractivity contribution in [3.63, 3.8) is 0 Å². The number of aryl methyl sites for hydroxylation is 2. The number of nitrogens with one attached hydrogen (secondary N) is 1. The Hall–Kier alpha value is -3.93. The average Bonchev–Trinajstić information content (AvgIpc) is 3.26. The molecule has 0 aliphatic rings. The molecule has 30 heavy (non-hydrogen) atoms. The van der Waals surface area contributed by atoms with Crippen LogP contribution in [-0.2, 0) is 4.79 Å². The van der Waals surface area contributed by atoms with E-state index in [1.807, 2.05) is 74.5 Å². The molecule has 0 spiro atoms. The smallest absolute Gasteiger partial charge is 0.262 e. The molecule has 4 rings (SSSR count). The van der Waals surface area contributed by atoms with E-state index < -0.39 is 0 Å². The van der Waals surface area contributed by atoms with Crippen LogP contribution in [0.3, 0.4) is 0 Å². The fourth-order valence-electron chi connectivity index (χ4n) is 3.02. The third-order valence-electron chi connectivity index (χ3n) is 4.57. The molecule has 0 saturated carbocycles. The molecule has 0 fully saturated rings. The zero-order valence-electron chi connectivity index (χ0n) is 16.8. The van der Waals surface area contributed by atoms with Crippen molar-refractivity contribution in [3.05, 3.63) is 83.9 Å². The van der Waals surface area contributed by atoms with E-state index in [0.29, 0.717) is 17.5 Å². The Morgan fingerprint density at radius 1 is 0.900 bits per heavy atom. The lowest BCUT2D eigenvalue weighted by molar-refractivity contribution is -0.118. The molecule has 0 saturated heterocycles. The molecule has 3 aromatic carbocycles. The highest BCUT2D eigenvalue weighted by Crippen LogP contribution is 2.25. The van der Waals surface area contributed by atoms with Crippen molar-refractivity contribution in [1.29, 1.82) is 0 Å².